The van der Waals surface area contributed by atoms with Crippen molar-refractivity contribution in [3.8, 4) is 0 Å². The van der Waals surface area contributed by atoms with Crippen LogP contribution in [0.2, 0.25) is 0 Å². The first-order valence-electron chi connectivity index (χ1n) is 6.09. The van der Waals surface area contributed by atoms with Crippen LogP contribution >= 0.6 is 0 Å². The summed E-state index contributed by atoms with van der Waals surface area (Å²) in [6.07, 6.45) is 1.83. The van der Waals surface area contributed by atoms with Gasteiger partial charge < -0.3 is 25.4 Å². The Balaban J connectivity index is 2.07. The molecule has 6 nitrogen and oxygen atoms in total. The quantitative estimate of drug-likeness (QED) is 0.648. The van der Waals surface area contributed by atoms with Gasteiger partial charge in [-0.05, 0) is 24.3 Å². The predicted molar refractivity (Wildman–Crippen MR) is 73.1 cm³/mol. The van der Waals surface area contributed by atoms with Crippen molar-refractivity contribution >= 4 is 22.6 Å². The molecule has 0 radical (unpaired) electrons. The molecule has 2 rings (SSSR count). The van der Waals surface area contributed by atoms with Gasteiger partial charge in [0.1, 0.15) is 0 Å². The van der Waals surface area contributed by atoms with E-state index in [1.807, 2.05) is 24.4 Å². The van der Waals surface area contributed by atoms with Crippen molar-refractivity contribution in [1.82, 2.24) is 9.88 Å². The monoisotopic (exact) mass is 263 g/mol. The highest BCUT2D eigenvalue weighted by Crippen LogP contribution is 2.18. The number of aliphatic hydroxyl groups excluding tert-OH is 2. The van der Waals surface area contributed by atoms with E-state index in [1.165, 1.54) is 4.90 Å². The Morgan fingerprint density at radius 3 is 2.63 bits per heavy atom. The summed E-state index contributed by atoms with van der Waals surface area (Å²) in [4.78, 5) is 16.4. The third-order valence-electron chi connectivity index (χ3n) is 2.83. The van der Waals surface area contributed by atoms with Gasteiger partial charge in [-0.3, -0.25) is 0 Å². The highest BCUT2D eigenvalue weighted by molar-refractivity contribution is 5.92. The number of rotatable bonds is 5. The lowest BCUT2D eigenvalue weighted by atomic mass is 10.2. The number of aromatic nitrogens is 1. The molecule has 0 fully saturated rings. The molecule has 0 bridgehead atoms. The molecule has 0 saturated heterocycles. The third kappa shape index (κ3) is 3.24. The second kappa shape index (κ2) is 6.21. The summed E-state index contributed by atoms with van der Waals surface area (Å²) in [5.41, 5.74) is 1.68. The van der Waals surface area contributed by atoms with Gasteiger partial charge in [0.15, 0.2) is 0 Å². The Kier molecular flexibility index (Phi) is 4.38. The number of benzene rings is 1. The van der Waals surface area contributed by atoms with Gasteiger partial charge in [0.2, 0.25) is 0 Å². The maximum atomic E-state index is 12.0. The smallest absolute Gasteiger partial charge is 0.321 e. The molecule has 2 amide bonds. The molecule has 6 heteroatoms. The molecule has 1 aromatic heterocycles. The Morgan fingerprint density at radius 2 is 1.95 bits per heavy atom. The molecule has 0 saturated carbocycles. The normalized spacial score (nSPS) is 10.6. The first kappa shape index (κ1) is 13.4. The lowest BCUT2D eigenvalue weighted by Gasteiger charge is -2.21. The molecular formula is C13H17N3O3. The van der Waals surface area contributed by atoms with Crippen LogP contribution in [0.25, 0.3) is 10.9 Å². The van der Waals surface area contributed by atoms with Gasteiger partial charge in [0.25, 0.3) is 0 Å². The Morgan fingerprint density at radius 1 is 1.21 bits per heavy atom. The molecule has 0 atom stereocenters. The van der Waals surface area contributed by atoms with Crippen LogP contribution < -0.4 is 5.32 Å². The van der Waals surface area contributed by atoms with E-state index in [-0.39, 0.29) is 32.3 Å². The molecule has 1 aromatic carbocycles. The van der Waals surface area contributed by atoms with E-state index in [4.69, 9.17) is 10.2 Å². The molecule has 0 aliphatic heterocycles. The fourth-order valence-corrected chi connectivity index (χ4v) is 1.89. The highest BCUT2D eigenvalue weighted by atomic mass is 16.3. The van der Waals surface area contributed by atoms with Crippen LogP contribution in [0.4, 0.5) is 10.5 Å². The number of carbonyl (C=O) groups is 1. The molecular weight excluding hydrogens is 246 g/mol. The number of hydrogen-bond acceptors (Lipinski definition) is 3. The average molecular weight is 263 g/mol. The zero-order valence-corrected chi connectivity index (χ0v) is 10.5. The van der Waals surface area contributed by atoms with Crippen LogP contribution in [0, 0.1) is 0 Å². The number of aliphatic hydroxyl groups is 2. The number of H-pyrrole nitrogens is 1. The molecule has 0 spiro atoms. The van der Waals surface area contributed by atoms with E-state index in [1.54, 1.807) is 6.07 Å². The van der Waals surface area contributed by atoms with Crippen LogP contribution in [-0.4, -0.2) is 52.4 Å². The summed E-state index contributed by atoms with van der Waals surface area (Å²) in [7, 11) is 0. The van der Waals surface area contributed by atoms with Crippen LogP contribution in [0.1, 0.15) is 0 Å². The molecule has 2 aromatic rings. The van der Waals surface area contributed by atoms with E-state index in [9.17, 15) is 4.79 Å². The van der Waals surface area contributed by atoms with Crippen molar-refractivity contribution in [1.29, 1.82) is 0 Å². The zero-order chi connectivity index (χ0) is 13.7. The topological polar surface area (TPSA) is 88.6 Å². The van der Waals surface area contributed by atoms with Crippen LogP contribution in [-0.2, 0) is 0 Å². The number of nitrogens with zero attached hydrogens (tertiary/aromatic N) is 1. The van der Waals surface area contributed by atoms with E-state index in [2.05, 4.69) is 10.3 Å². The van der Waals surface area contributed by atoms with Gasteiger partial charge in [0.05, 0.1) is 13.2 Å². The van der Waals surface area contributed by atoms with Gasteiger partial charge >= 0.3 is 6.03 Å². The molecule has 1 heterocycles. The number of hydrogen-bond donors (Lipinski definition) is 4. The maximum absolute atomic E-state index is 12.0. The molecule has 0 aliphatic rings. The lowest BCUT2D eigenvalue weighted by molar-refractivity contribution is 0.167. The first-order valence-corrected chi connectivity index (χ1v) is 6.09. The van der Waals surface area contributed by atoms with Crippen molar-refractivity contribution in [2.24, 2.45) is 0 Å². The van der Waals surface area contributed by atoms with Gasteiger partial charge in [-0.1, -0.05) is 0 Å². The highest BCUT2D eigenvalue weighted by Gasteiger charge is 2.12. The largest absolute Gasteiger partial charge is 0.395 e. The molecule has 0 aliphatic carbocycles. The van der Waals surface area contributed by atoms with Crippen molar-refractivity contribution in [2.45, 2.75) is 0 Å². The van der Waals surface area contributed by atoms with Crippen LogP contribution in [0.15, 0.2) is 30.5 Å². The summed E-state index contributed by atoms with van der Waals surface area (Å²) in [6.45, 7) is 0.117. The summed E-state index contributed by atoms with van der Waals surface area (Å²) >= 11 is 0. The standard InChI is InChI=1S/C13H17N3O3/c17-7-5-16(6-8-18)13(19)15-11-1-2-12-10(9-11)3-4-14-12/h1-4,9,14,17-18H,5-8H2,(H,15,19). The van der Waals surface area contributed by atoms with E-state index in [0.717, 1.165) is 10.9 Å². The Hall–Kier alpha value is -2.05. The fraction of sp³-hybridized carbons (Fsp3) is 0.308. The van der Waals surface area contributed by atoms with E-state index in [0.29, 0.717) is 5.69 Å². The molecule has 0 unspecified atom stereocenters. The first-order chi connectivity index (χ1) is 9.24. The predicted octanol–water partition coefficient (Wildman–Crippen LogP) is 0.986. The van der Waals surface area contributed by atoms with Gasteiger partial charge in [-0.25, -0.2) is 4.79 Å². The molecule has 19 heavy (non-hydrogen) atoms. The van der Waals surface area contributed by atoms with Crippen molar-refractivity contribution < 1.29 is 15.0 Å². The third-order valence-corrected chi connectivity index (χ3v) is 2.83. The number of carbonyl (C=O) groups excluding carboxylic acids is 1. The molecule has 102 valence electrons. The van der Waals surface area contributed by atoms with E-state index < -0.39 is 0 Å². The minimum atomic E-state index is -0.335. The van der Waals surface area contributed by atoms with Crippen molar-refractivity contribution in [2.75, 3.05) is 31.6 Å². The lowest BCUT2D eigenvalue weighted by Crippen LogP contribution is -2.38. The number of aromatic amines is 1. The molecule has 4 N–H and O–H groups in total. The number of nitrogens with one attached hydrogen (secondary N) is 2. The number of fused-ring (bicyclic) bond motifs is 1. The second-order valence-corrected chi connectivity index (χ2v) is 4.14. The Labute approximate surface area is 110 Å². The van der Waals surface area contributed by atoms with Crippen molar-refractivity contribution in [3.05, 3.63) is 30.5 Å². The SMILES string of the molecule is O=C(Nc1ccc2[nH]ccc2c1)N(CCO)CCO. The minimum absolute atomic E-state index is 0.135. The van der Waals surface area contributed by atoms with Crippen LogP contribution in [0.3, 0.4) is 0 Å². The summed E-state index contributed by atoms with van der Waals surface area (Å²) < 4.78 is 0. The van der Waals surface area contributed by atoms with Gasteiger partial charge in [-0.15, -0.1) is 0 Å². The van der Waals surface area contributed by atoms with E-state index >= 15 is 0 Å². The van der Waals surface area contributed by atoms with Crippen molar-refractivity contribution in [3.63, 3.8) is 0 Å². The summed E-state index contributed by atoms with van der Waals surface area (Å²) in [5.74, 6) is 0. The Bertz CT molecular complexity index is 547. The maximum Gasteiger partial charge on any atom is 0.321 e. The number of urea groups is 1. The fourth-order valence-electron chi connectivity index (χ4n) is 1.89. The minimum Gasteiger partial charge on any atom is -0.395 e. The number of amides is 2. The second-order valence-electron chi connectivity index (χ2n) is 4.14. The van der Waals surface area contributed by atoms with Gasteiger partial charge in [-0.2, -0.15) is 0 Å². The average Bonchev–Trinajstić information content (AvgIpc) is 2.86. The summed E-state index contributed by atoms with van der Waals surface area (Å²) in [5, 5.41) is 21.5. The summed E-state index contributed by atoms with van der Waals surface area (Å²) in [6, 6.07) is 7.13. The number of anilines is 1. The van der Waals surface area contributed by atoms with Crippen LogP contribution in [0.5, 0.6) is 0 Å². The zero-order valence-electron chi connectivity index (χ0n) is 10.5. The van der Waals surface area contributed by atoms with Gasteiger partial charge in [0, 0.05) is 35.9 Å².